The Labute approximate surface area is 153 Å². The Bertz CT molecular complexity index is 583. The van der Waals surface area contributed by atoms with Crippen molar-refractivity contribution in [2.45, 2.75) is 34.1 Å². The maximum atomic E-state index is 10.8. The number of carbonyl (C=O) groups is 2. The number of hydrogen-bond donors (Lipinski definition) is 2. The molecular weight excluding hydrogens is 342 g/mol. The van der Waals surface area contributed by atoms with Gasteiger partial charge in [0.15, 0.2) is 13.2 Å². The van der Waals surface area contributed by atoms with Crippen LogP contribution in [0.4, 0.5) is 0 Å². The Balaban J connectivity index is 4.43. The maximum Gasteiger partial charge on any atom is 0.303 e. The normalized spacial score (nSPS) is 12.8. The molecule has 0 aliphatic heterocycles. The third kappa shape index (κ3) is 11.8. The van der Waals surface area contributed by atoms with Crippen LogP contribution in [0.15, 0.2) is 28.9 Å². The lowest BCUT2D eigenvalue weighted by molar-refractivity contribution is -0.140. The van der Waals surface area contributed by atoms with Gasteiger partial charge in [-0.2, -0.15) is 5.90 Å². The standard InChI is InChI=1S/C17H27N3O6/c1-11(8-25-16(18)9-23-14(4)21)6-7-12(2)13(3)20-17(26-19)10-24-15(5)22/h7,11,18H,3,6,8-10,19H2,1-2,4-5H3/b12-7-,18-16?,20-17-. The van der Waals surface area contributed by atoms with Gasteiger partial charge in [-0.15, -0.1) is 0 Å². The van der Waals surface area contributed by atoms with Gasteiger partial charge in [-0.05, 0) is 24.8 Å². The number of nitrogens with one attached hydrogen (secondary N) is 1. The highest BCUT2D eigenvalue weighted by Gasteiger charge is 2.08. The summed E-state index contributed by atoms with van der Waals surface area (Å²) in [5, 5.41) is 7.52. The molecule has 1 atom stereocenters. The molecule has 3 N–H and O–H groups in total. The van der Waals surface area contributed by atoms with Crippen LogP contribution in [-0.2, 0) is 28.6 Å². The van der Waals surface area contributed by atoms with E-state index in [1.807, 2.05) is 19.9 Å². The summed E-state index contributed by atoms with van der Waals surface area (Å²) in [4.78, 5) is 30.1. The van der Waals surface area contributed by atoms with E-state index in [0.29, 0.717) is 18.7 Å². The van der Waals surface area contributed by atoms with Crippen LogP contribution in [0.5, 0.6) is 0 Å². The lowest BCUT2D eigenvalue weighted by atomic mass is 10.1. The van der Waals surface area contributed by atoms with Crippen LogP contribution in [0.3, 0.4) is 0 Å². The van der Waals surface area contributed by atoms with Crippen molar-refractivity contribution in [3.8, 4) is 0 Å². The van der Waals surface area contributed by atoms with E-state index in [-0.39, 0.29) is 30.9 Å². The van der Waals surface area contributed by atoms with Crippen molar-refractivity contribution >= 4 is 23.7 Å². The lowest BCUT2D eigenvalue weighted by Gasteiger charge is -2.12. The van der Waals surface area contributed by atoms with Gasteiger partial charge in [0.05, 0.1) is 12.3 Å². The number of nitrogens with zero attached hydrogens (tertiary/aromatic N) is 1. The number of esters is 2. The molecule has 0 aliphatic carbocycles. The average Bonchev–Trinajstić information content (AvgIpc) is 2.58. The molecule has 9 nitrogen and oxygen atoms in total. The second kappa shape index (κ2) is 12.6. The molecular formula is C17H27N3O6. The first-order chi connectivity index (χ1) is 12.1. The number of ether oxygens (including phenoxy) is 3. The fourth-order valence-electron chi connectivity index (χ4n) is 1.51. The Morgan fingerprint density at radius 2 is 1.73 bits per heavy atom. The predicted molar refractivity (Wildman–Crippen MR) is 96.3 cm³/mol. The van der Waals surface area contributed by atoms with E-state index in [4.69, 9.17) is 20.8 Å². The van der Waals surface area contributed by atoms with Gasteiger partial charge in [0.25, 0.3) is 5.90 Å². The third-order valence-electron chi connectivity index (χ3n) is 3.02. The predicted octanol–water partition coefficient (Wildman–Crippen LogP) is 1.88. The minimum Gasteiger partial charge on any atom is -0.478 e. The largest absolute Gasteiger partial charge is 0.478 e. The molecule has 0 aliphatic rings. The minimum absolute atomic E-state index is 0.0354. The second-order valence-electron chi connectivity index (χ2n) is 5.59. The van der Waals surface area contributed by atoms with Crippen molar-refractivity contribution in [1.29, 1.82) is 5.41 Å². The van der Waals surface area contributed by atoms with Gasteiger partial charge in [0, 0.05) is 13.8 Å². The van der Waals surface area contributed by atoms with Crippen molar-refractivity contribution in [3.05, 3.63) is 23.9 Å². The molecule has 0 saturated carbocycles. The Morgan fingerprint density at radius 3 is 2.27 bits per heavy atom. The zero-order chi connectivity index (χ0) is 20.1. The fourth-order valence-corrected chi connectivity index (χ4v) is 1.51. The number of rotatable bonds is 10. The summed E-state index contributed by atoms with van der Waals surface area (Å²) < 4.78 is 14.7. The van der Waals surface area contributed by atoms with Gasteiger partial charge >= 0.3 is 11.9 Å². The molecule has 0 aromatic rings. The van der Waals surface area contributed by atoms with Crippen molar-refractivity contribution in [1.82, 2.24) is 0 Å². The first-order valence-electron chi connectivity index (χ1n) is 7.93. The van der Waals surface area contributed by atoms with Crippen LogP contribution in [0.25, 0.3) is 0 Å². The van der Waals surface area contributed by atoms with Crippen LogP contribution < -0.4 is 5.90 Å². The van der Waals surface area contributed by atoms with E-state index in [1.165, 1.54) is 13.8 Å². The zero-order valence-electron chi connectivity index (χ0n) is 15.7. The van der Waals surface area contributed by atoms with E-state index >= 15 is 0 Å². The quantitative estimate of drug-likeness (QED) is 0.197. The van der Waals surface area contributed by atoms with Crippen LogP contribution in [0.2, 0.25) is 0 Å². The number of nitrogens with two attached hydrogens (primary N) is 1. The van der Waals surface area contributed by atoms with Gasteiger partial charge in [-0.25, -0.2) is 4.99 Å². The molecule has 9 heteroatoms. The van der Waals surface area contributed by atoms with E-state index in [0.717, 1.165) is 5.57 Å². The summed E-state index contributed by atoms with van der Waals surface area (Å²) in [6, 6.07) is 0. The molecule has 26 heavy (non-hydrogen) atoms. The monoisotopic (exact) mass is 369 g/mol. The zero-order valence-corrected chi connectivity index (χ0v) is 15.7. The van der Waals surface area contributed by atoms with Gasteiger partial charge in [0.1, 0.15) is 0 Å². The van der Waals surface area contributed by atoms with Gasteiger partial charge in [0.2, 0.25) is 5.90 Å². The second-order valence-corrected chi connectivity index (χ2v) is 5.59. The fraction of sp³-hybridized carbons (Fsp3) is 0.529. The first kappa shape index (κ1) is 23.3. The summed E-state index contributed by atoms with van der Waals surface area (Å²) in [5.74, 6) is 4.21. The Morgan fingerprint density at radius 1 is 1.15 bits per heavy atom. The van der Waals surface area contributed by atoms with E-state index < -0.39 is 11.9 Å². The summed E-state index contributed by atoms with van der Waals surface area (Å²) in [6.07, 6.45) is 2.57. The summed E-state index contributed by atoms with van der Waals surface area (Å²) in [7, 11) is 0. The molecule has 0 rings (SSSR count). The molecule has 0 amide bonds. The third-order valence-corrected chi connectivity index (χ3v) is 3.02. The van der Waals surface area contributed by atoms with Crippen LogP contribution in [-0.4, -0.2) is 43.6 Å². The SMILES string of the molecule is C=C(/N=C(/COC(C)=O)ON)/C(C)=C\CC(C)COC(=N)COC(C)=O. The summed E-state index contributed by atoms with van der Waals surface area (Å²) in [6.45, 7) is 10.1. The highest BCUT2D eigenvalue weighted by molar-refractivity contribution is 5.81. The molecule has 0 saturated heterocycles. The molecule has 0 aromatic heterocycles. The van der Waals surface area contributed by atoms with Crippen molar-refractivity contribution < 1.29 is 28.6 Å². The molecule has 1 unspecified atom stereocenters. The summed E-state index contributed by atoms with van der Waals surface area (Å²) >= 11 is 0. The Kier molecular flexibility index (Phi) is 11.3. The van der Waals surface area contributed by atoms with Gasteiger partial charge in [-0.1, -0.05) is 19.6 Å². The Hall–Kier alpha value is -2.68. The lowest BCUT2D eigenvalue weighted by Crippen LogP contribution is -2.19. The van der Waals surface area contributed by atoms with Crippen LogP contribution >= 0.6 is 0 Å². The summed E-state index contributed by atoms with van der Waals surface area (Å²) in [5.41, 5.74) is 1.22. The molecule has 0 spiro atoms. The highest BCUT2D eigenvalue weighted by Crippen LogP contribution is 2.13. The van der Waals surface area contributed by atoms with E-state index in [9.17, 15) is 9.59 Å². The first-order valence-corrected chi connectivity index (χ1v) is 7.93. The van der Waals surface area contributed by atoms with Gasteiger partial charge < -0.3 is 19.0 Å². The molecule has 0 fully saturated rings. The molecule has 0 aromatic carbocycles. The highest BCUT2D eigenvalue weighted by atomic mass is 16.6. The van der Waals surface area contributed by atoms with Gasteiger partial charge in [-0.3, -0.25) is 15.0 Å². The number of carbonyl (C=O) groups excluding carboxylic acids is 2. The van der Waals surface area contributed by atoms with Crippen molar-refractivity contribution in [2.24, 2.45) is 16.8 Å². The number of allylic oxidation sites excluding steroid dienone is 2. The molecule has 0 radical (unpaired) electrons. The topological polar surface area (TPSA) is 133 Å². The molecule has 146 valence electrons. The maximum absolute atomic E-state index is 10.8. The van der Waals surface area contributed by atoms with Crippen LogP contribution in [0, 0.1) is 11.3 Å². The van der Waals surface area contributed by atoms with Crippen molar-refractivity contribution in [3.63, 3.8) is 0 Å². The van der Waals surface area contributed by atoms with E-state index in [1.54, 1.807) is 0 Å². The van der Waals surface area contributed by atoms with Crippen LogP contribution in [0.1, 0.15) is 34.1 Å². The molecule has 0 heterocycles. The van der Waals surface area contributed by atoms with Crippen molar-refractivity contribution in [2.75, 3.05) is 19.8 Å². The molecule has 0 bridgehead atoms. The number of aliphatic imine (C=N–C) groups is 1. The van der Waals surface area contributed by atoms with E-state index in [2.05, 4.69) is 21.1 Å². The smallest absolute Gasteiger partial charge is 0.303 e. The average molecular weight is 369 g/mol. The minimum atomic E-state index is -0.472. The number of hydrogen-bond acceptors (Lipinski definition) is 9.